The van der Waals surface area contributed by atoms with E-state index in [0.717, 1.165) is 5.75 Å². The Balaban J connectivity index is 0.000000383. The van der Waals surface area contributed by atoms with Crippen molar-refractivity contribution in [1.82, 2.24) is 0 Å². The van der Waals surface area contributed by atoms with Crippen molar-refractivity contribution >= 4 is 30.7 Å². The van der Waals surface area contributed by atoms with Crippen LogP contribution in [0.15, 0.2) is 42.5 Å². The maximum absolute atomic E-state index is 9.75. The molecule has 0 nitrogen and oxygen atoms in total. The lowest BCUT2D eigenvalue weighted by Gasteiger charge is -2.05. The fourth-order valence-corrected chi connectivity index (χ4v) is 2.38. The van der Waals surface area contributed by atoms with E-state index >= 15 is 0 Å². The molecule has 0 saturated carbocycles. The third-order valence-electron chi connectivity index (χ3n) is 3.00. The van der Waals surface area contributed by atoms with Gasteiger partial charge in [0.15, 0.2) is 0 Å². The Morgan fingerprint density at radius 3 is 2.10 bits per heavy atom. The van der Waals surface area contributed by atoms with E-state index in [9.17, 15) is 17.3 Å². The van der Waals surface area contributed by atoms with E-state index in [1.54, 1.807) is 0 Å². The number of rotatable bonds is 5. The molecule has 0 saturated heterocycles. The lowest BCUT2D eigenvalue weighted by molar-refractivity contribution is 0.368. The van der Waals surface area contributed by atoms with Crippen LogP contribution in [0.2, 0.25) is 0 Å². The van der Waals surface area contributed by atoms with Crippen molar-refractivity contribution in [1.29, 1.82) is 0 Å². The lowest BCUT2D eigenvalue weighted by atomic mass is 10.00. The van der Waals surface area contributed by atoms with E-state index in [2.05, 4.69) is 55.1 Å². The minimum Gasteiger partial charge on any atom is -0.418 e. The van der Waals surface area contributed by atoms with Crippen LogP contribution in [-0.2, 0) is 19.0 Å². The van der Waals surface area contributed by atoms with Gasteiger partial charge in [-0.2, -0.15) is 0 Å². The molecule has 6 heteroatoms. The summed E-state index contributed by atoms with van der Waals surface area (Å²) in [7, 11) is -6.00. The molecule has 0 radical (unpaired) electrons. The zero-order valence-corrected chi connectivity index (χ0v) is 12.7. The van der Waals surface area contributed by atoms with Gasteiger partial charge in [-0.15, -0.1) is 0 Å². The van der Waals surface area contributed by atoms with Crippen molar-refractivity contribution in [2.75, 3.05) is 5.75 Å². The van der Waals surface area contributed by atoms with Gasteiger partial charge in [-0.3, -0.25) is 0 Å². The van der Waals surface area contributed by atoms with Gasteiger partial charge in [0, 0.05) is 0 Å². The molecule has 0 heterocycles. The Morgan fingerprint density at radius 2 is 1.43 bits per heavy atom. The summed E-state index contributed by atoms with van der Waals surface area (Å²) in [6.45, 7) is 0. The summed E-state index contributed by atoms with van der Waals surface area (Å²) in [5, 5.41) is 2.78. The summed E-state index contributed by atoms with van der Waals surface area (Å²) in [6, 6.07) is 15.3. The molecule has 2 aromatic carbocycles. The highest BCUT2D eigenvalue weighted by atomic mass is 32.1. The number of unbranched alkanes of at least 4 members (excludes halogenated alkanes) is 2. The first-order valence-corrected chi connectivity index (χ1v) is 7.61. The van der Waals surface area contributed by atoms with Crippen molar-refractivity contribution in [2.45, 2.75) is 25.7 Å². The van der Waals surface area contributed by atoms with Gasteiger partial charge in [0.2, 0.25) is 0 Å². The molecule has 116 valence electrons. The van der Waals surface area contributed by atoms with Crippen LogP contribution in [0.4, 0.5) is 17.3 Å². The van der Waals surface area contributed by atoms with E-state index in [1.807, 2.05) is 0 Å². The predicted molar refractivity (Wildman–Crippen MR) is 86.7 cm³/mol. The quantitative estimate of drug-likeness (QED) is 0.319. The summed E-state index contributed by atoms with van der Waals surface area (Å²) in [5.41, 5.74) is 1.49. The van der Waals surface area contributed by atoms with Crippen LogP contribution in [0.1, 0.15) is 24.8 Å². The average molecular weight is 318 g/mol. The molecule has 0 N–H and O–H groups in total. The van der Waals surface area contributed by atoms with Crippen molar-refractivity contribution in [3.8, 4) is 0 Å². The maximum atomic E-state index is 9.75. The van der Waals surface area contributed by atoms with Crippen LogP contribution in [0.5, 0.6) is 0 Å². The number of hydrogen-bond donors (Lipinski definition) is 0. The SMILES string of the molecule is F[B-](F)(F)F.[SH2+]CCCCCc1cccc2ccccc12. The van der Waals surface area contributed by atoms with Gasteiger partial charge in [0.05, 0.1) is 0 Å². The Kier molecular flexibility index (Phi) is 7.64. The van der Waals surface area contributed by atoms with E-state index in [-0.39, 0.29) is 0 Å². The standard InChI is InChI=1S/C15H18S.BF4/c16-12-5-1-2-7-13-9-6-10-14-8-3-4-11-15(13)14;2-1(3,4)5/h3-4,6,8-11,16H,1-2,5,7,12H2;/q;-1/p+1. The second-order valence-electron chi connectivity index (χ2n) is 4.69. The minimum atomic E-state index is -6.00. The van der Waals surface area contributed by atoms with Gasteiger partial charge in [0.1, 0.15) is 5.75 Å². The number of hydrogen-bond acceptors (Lipinski definition) is 0. The third-order valence-corrected chi connectivity index (χ3v) is 3.36. The zero-order valence-electron chi connectivity index (χ0n) is 11.7. The Labute approximate surface area is 128 Å². The number of benzene rings is 2. The summed E-state index contributed by atoms with van der Waals surface area (Å²) in [4.78, 5) is 0. The van der Waals surface area contributed by atoms with Gasteiger partial charge in [-0.25, -0.2) is 0 Å². The second-order valence-corrected chi connectivity index (χ2v) is 5.19. The van der Waals surface area contributed by atoms with E-state index in [0.29, 0.717) is 0 Å². The van der Waals surface area contributed by atoms with Crippen molar-refractivity contribution in [2.24, 2.45) is 0 Å². The molecule has 0 aromatic heterocycles. The summed E-state index contributed by atoms with van der Waals surface area (Å²) in [6.07, 6.45) is 5.08. The fourth-order valence-electron chi connectivity index (χ4n) is 2.13. The zero-order chi connectivity index (χ0) is 15.7. The topological polar surface area (TPSA) is 0 Å². The molecule has 0 atom stereocenters. The largest absolute Gasteiger partial charge is 0.673 e. The van der Waals surface area contributed by atoms with E-state index in [4.69, 9.17) is 0 Å². The third kappa shape index (κ3) is 8.00. The molecular weight excluding hydrogens is 299 g/mol. The highest BCUT2D eigenvalue weighted by Crippen LogP contribution is 2.20. The summed E-state index contributed by atoms with van der Waals surface area (Å²) in [5.74, 6) is 1.12. The predicted octanol–water partition coefficient (Wildman–Crippen LogP) is 4.86. The summed E-state index contributed by atoms with van der Waals surface area (Å²) >= 11 is 3.52. The first-order chi connectivity index (χ1) is 9.92. The molecule has 0 aliphatic heterocycles. The number of fused-ring (bicyclic) bond motifs is 1. The van der Waals surface area contributed by atoms with Gasteiger partial charge < -0.3 is 17.3 Å². The van der Waals surface area contributed by atoms with E-state index < -0.39 is 7.25 Å². The van der Waals surface area contributed by atoms with Gasteiger partial charge in [-0.1, -0.05) is 42.5 Å². The molecule has 21 heavy (non-hydrogen) atoms. The molecule has 0 unspecified atom stereocenters. The van der Waals surface area contributed by atoms with Crippen LogP contribution in [0.3, 0.4) is 0 Å². The number of aryl methyl sites for hydroxylation is 1. The first kappa shape index (κ1) is 17.9. The highest BCUT2D eigenvalue weighted by Gasteiger charge is 2.20. The van der Waals surface area contributed by atoms with Crippen molar-refractivity contribution in [3.05, 3.63) is 48.0 Å². The minimum absolute atomic E-state index is 1.12. The van der Waals surface area contributed by atoms with Crippen LogP contribution in [0, 0.1) is 0 Å². The van der Waals surface area contributed by atoms with Gasteiger partial charge in [-0.05, 0) is 54.6 Å². The van der Waals surface area contributed by atoms with Crippen LogP contribution < -0.4 is 0 Å². The first-order valence-electron chi connectivity index (χ1n) is 6.90. The van der Waals surface area contributed by atoms with Gasteiger partial charge in [0.25, 0.3) is 0 Å². The fraction of sp³-hybridized carbons (Fsp3) is 0.333. The van der Waals surface area contributed by atoms with Crippen LogP contribution >= 0.6 is 0 Å². The van der Waals surface area contributed by atoms with Crippen molar-refractivity contribution < 1.29 is 17.3 Å². The Morgan fingerprint density at radius 1 is 0.810 bits per heavy atom. The molecule has 2 aromatic rings. The monoisotopic (exact) mass is 318 g/mol. The Hall–Kier alpha value is -1.17. The highest BCUT2D eigenvalue weighted by molar-refractivity contribution is 7.58. The molecule has 0 amide bonds. The normalized spacial score (nSPS) is 11.1. The molecule has 2 rings (SSSR count). The summed E-state index contributed by atoms with van der Waals surface area (Å²) < 4.78 is 39.0. The lowest BCUT2D eigenvalue weighted by Crippen LogP contribution is -2.02. The van der Waals surface area contributed by atoms with Crippen molar-refractivity contribution in [3.63, 3.8) is 0 Å². The second kappa shape index (κ2) is 8.98. The van der Waals surface area contributed by atoms with Crippen LogP contribution in [-0.4, -0.2) is 13.0 Å². The molecule has 0 aliphatic rings. The molecule has 0 fully saturated rings. The maximum Gasteiger partial charge on any atom is 0.673 e. The van der Waals surface area contributed by atoms with Crippen LogP contribution in [0.25, 0.3) is 10.8 Å². The average Bonchev–Trinajstić information content (AvgIpc) is 2.42. The van der Waals surface area contributed by atoms with Gasteiger partial charge >= 0.3 is 7.25 Å². The van der Waals surface area contributed by atoms with E-state index in [1.165, 1.54) is 42.0 Å². The molecular formula is C15H19BF4S. The molecule has 0 bridgehead atoms. The molecule has 0 spiro atoms. The Bertz CT molecular complexity index is 531. The smallest absolute Gasteiger partial charge is 0.418 e. The molecule has 0 aliphatic carbocycles. The number of halogens is 4.